The first-order valence-corrected chi connectivity index (χ1v) is 8.29. The predicted octanol–water partition coefficient (Wildman–Crippen LogP) is 1.15. The lowest BCUT2D eigenvalue weighted by atomic mass is 9.64. The van der Waals surface area contributed by atoms with Gasteiger partial charge in [0.25, 0.3) is 0 Å². The summed E-state index contributed by atoms with van der Waals surface area (Å²) in [7, 11) is 0. The van der Waals surface area contributed by atoms with Crippen molar-refractivity contribution in [3.8, 4) is 0 Å². The summed E-state index contributed by atoms with van der Waals surface area (Å²) in [6.07, 6.45) is 2.01. The number of nitrogens with zero attached hydrogens (tertiary/aromatic N) is 2. The zero-order valence-electron chi connectivity index (χ0n) is 13.7. The van der Waals surface area contributed by atoms with Crippen molar-refractivity contribution in [3.05, 3.63) is 0 Å². The SMILES string of the molecule is CC(C)N1CCN(CCCN[C@@H]2C[C@H](O)C2(C)C)CC1. The number of aliphatic hydroxyl groups excluding tert-OH is 1. The van der Waals surface area contributed by atoms with Gasteiger partial charge in [0.05, 0.1) is 6.10 Å². The van der Waals surface area contributed by atoms with Crippen molar-refractivity contribution in [2.24, 2.45) is 5.41 Å². The van der Waals surface area contributed by atoms with Crippen LogP contribution in [0.2, 0.25) is 0 Å². The lowest BCUT2D eigenvalue weighted by Gasteiger charge is -2.49. The average molecular weight is 283 g/mol. The maximum atomic E-state index is 9.72. The Bertz CT molecular complexity index is 298. The molecule has 2 fully saturated rings. The normalized spacial score (nSPS) is 31.5. The first kappa shape index (κ1) is 16.2. The van der Waals surface area contributed by atoms with E-state index in [9.17, 15) is 5.11 Å². The number of aliphatic hydroxyl groups is 1. The first-order valence-electron chi connectivity index (χ1n) is 8.29. The number of nitrogens with one attached hydrogen (secondary N) is 1. The highest BCUT2D eigenvalue weighted by Gasteiger charge is 2.46. The Hall–Kier alpha value is -0.160. The molecule has 118 valence electrons. The minimum absolute atomic E-state index is 0.0584. The van der Waals surface area contributed by atoms with E-state index in [0.717, 1.165) is 13.0 Å². The third-order valence-corrected chi connectivity index (χ3v) is 5.39. The molecule has 4 heteroatoms. The first-order chi connectivity index (χ1) is 9.41. The van der Waals surface area contributed by atoms with Crippen molar-refractivity contribution < 1.29 is 5.11 Å². The topological polar surface area (TPSA) is 38.7 Å². The van der Waals surface area contributed by atoms with E-state index in [0.29, 0.717) is 12.1 Å². The fraction of sp³-hybridized carbons (Fsp3) is 1.00. The van der Waals surface area contributed by atoms with Crippen LogP contribution in [-0.2, 0) is 0 Å². The van der Waals surface area contributed by atoms with Crippen molar-refractivity contribution in [1.29, 1.82) is 0 Å². The van der Waals surface area contributed by atoms with Crippen LogP contribution in [-0.4, -0.2) is 72.4 Å². The van der Waals surface area contributed by atoms with Gasteiger partial charge in [0.15, 0.2) is 0 Å². The molecule has 1 aliphatic carbocycles. The van der Waals surface area contributed by atoms with Gasteiger partial charge in [-0.15, -0.1) is 0 Å². The highest BCUT2D eigenvalue weighted by molar-refractivity contribution is 5.01. The van der Waals surface area contributed by atoms with Crippen LogP contribution in [0.3, 0.4) is 0 Å². The summed E-state index contributed by atoms with van der Waals surface area (Å²) < 4.78 is 0. The van der Waals surface area contributed by atoms with E-state index in [1.807, 2.05) is 0 Å². The van der Waals surface area contributed by atoms with Gasteiger partial charge < -0.3 is 15.3 Å². The molecule has 1 aliphatic heterocycles. The molecule has 0 aromatic heterocycles. The monoisotopic (exact) mass is 283 g/mol. The van der Waals surface area contributed by atoms with E-state index in [1.54, 1.807) is 0 Å². The van der Waals surface area contributed by atoms with E-state index >= 15 is 0 Å². The Morgan fingerprint density at radius 3 is 2.35 bits per heavy atom. The van der Waals surface area contributed by atoms with Gasteiger partial charge >= 0.3 is 0 Å². The molecule has 4 nitrogen and oxygen atoms in total. The predicted molar refractivity (Wildman–Crippen MR) is 84.0 cm³/mol. The second-order valence-corrected chi connectivity index (χ2v) is 7.40. The highest BCUT2D eigenvalue weighted by Crippen LogP contribution is 2.40. The zero-order chi connectivity index (χ0) is 14.8. The number of hydrogen-bond donors (Lipinski definition) is 2. The molecule has 2 rings (SSSR count). The molecule has 20 heavy (non-hydrogen) atoms. The van der Waals surface area contributed by atoms with E-state index in [1.165, 1.54) is 39.1 Å². The molecule has 0 amide bonds. The van der Waals surface area contributed by atoms with Crippen molar-refractivity contribution in [2.45, 2.75) is 58.7 Å². The standard InChI is InChI=1S/C16H33N3O/c1-13(2)19-10-8-18(9-11-19)7-5-6-17-14-12-15(20)16(14,3)4/h13-15,17,20H,5-12H2,1-4H3/t14-,15+/m1/s1. The lowest BCUT2D eigenvalue weighted by Crippen LogP contribution is -2.60. The van der Waals surface area contributed by atoms with Crippen LogP contribution in [0.15, 0.2) is 0 Å². The van der Waals surface area contributed by atoms with E-state index in [4.69, 9.17) is 0 Å². The summed E-state index contributed by atoms with van der Waals surface area (Å²) in [5.74, 6) is 0. The molecular weight excluding hydrogens is 250 g/mol. The molecule has 0 aromatic carbocycles. The van der Waals surface area contributed by atoms with Crippen LogP contribution in [0.5, 0.6) is 0 Å². The van der Waals surface area contributed by atoms with Gasteiger partial charge in [-0.05, 0) is 39.8 Å². The van der Waals surface area contributed by atoms with Crippen LogP contribution in [0.1, 0.15) is 40.5 Å². The molecule has 2 N–H and O–H groups in total. The maximum Gasteiger partial charge on any atom is 0.0621 e. The van der Waals surface area contributed by atoms with Crippen LogP contribution in [0.25, 0.3) is 0 Å². The molecule has 1 saturated carbocycles. The Kier molecular flexibility index (Phi) is 5.46. The van der Waals surface area contributed by atoms with Crippen molar-refractivity contribution >= 4 is 0 Å². The average Bonchev–Trinajstić information content (AvgIpc) is 2.42. The lowest BCUT2D eigenvalue weighted by molar-refractivity contribution is -0.0723. The summed E-state index contributed by atoms with van der Waals surface area (Å²) in [5, 5.41) is 13.3. The fourth-order valence-electron chi connectivity index (χ4n) is 3.33. The second-order valence-electron chi connectivity index (χ2n) is 7.40. The van der Waals surface area contributed by atoms with Crippen molar-refractivity contribution in [2.75, 3.05) is 39.3 Å². The smallest absolute Gasteiger partial charge is 0.0621 e. The third-order valence-electron chi connectivity index (χ3n) is 5.39. The highest BCUT2D eigenvalue weighted by atomic mass is 16.3. The largest absolute Gasteiger partial charge is 0.392 e. The molecule has 0 spiro atoms. The zero-order valence-corrected chi connectivity index (χ0v) is 13.7. The van der Waals surface area contributed by atoms with Crippen LogP contribution in [0, 0.1) is 5.41 Å². The van der Waals surface area contributed by atoms with E-state index < -0.39 is 0 Å². The quantitative estimate of drug-likeness (QED) is 0.717. The number of rotatable bonds is 6. The Morgan fingerprint density at radius 2 is 1.85 bits per heavy atom. The Morgan fingerprint density at radius 1 is 1.20 bits per heavy atom. The molecule has 0 bridgehead atoms. The van der Waals surface area contributed by atoms with Gasteiger partial charge in [0, 0.05) is 43.7 Å². The van der Waals surface area contributed by atoms with Crippen LogP contribution >= 0.6 is 0 Å². The fourth-order valence-corrected chi connectivity index (χ4v) is 3.33. The van der Waals surface area contributed by atoms with Gasteiger partial charge in [0.1, 0.15) is 0 Å². The molecular formula is C16H33N3O. The third kappa shape index (κ3) is 3.73. The number of piperazine rings is 1. The molecule has 2 aliphatic rings. The van der Waals surface area contributed by atoms with Crippen LogP contribution < -0.4 is 5.32 Å². The van der Waals surface area contributed by atoms with Crippen molar-refractivity contribution in [3.63, 3.8) is 0 Å². The molecule has 0 unspecified atom stereocenters. The van der Waals surface area contributed by atoms with Gasteiger partial charge in [-0.1, -0.05) is 13.8 Å². The Balaban J connectivity index is 1.54. The summed E-state index contributed by atoms with van der Waals surface area (Å²) in [6.45, 7) is 16.0. The van der Waals surface area contributed by atoms with Gasteiger partial charge in [-0.2, -0.15) is 0 Å². The van der Waals surface area contributed by atoms with Crippen molar-refractivity contribution in [1.82, 2.24) is 15.1 Å². The molecule has 1 saturated heterocycles. The van der Waals surface area contributed by atoms with E-state index in [2.05, 4.69) is 42.8 Å². The van der Waals surface area contributed by atoms with Gasteiger partial charge in [0.2, 0.25) is 0 Å². The van der Waals surface area contributed by atoms with Crippen LogP contribution in [0.4, 0.5) is 0 Å². The minimum Gasteiger partial charge on any atom is -0.392 e. The number of hydrogen-bond acceptors (Lipinski definition) is 4. The molecule has 0 radical (unpaired) electrons. The van der Waals surface area contributed by atoms with E-state index in [-0.39, 0.29) is 11.5 Å². The molecule has 2 atom stereocenters. The summed E-state index contributed by atoms with van der Waals surface area (Å²) in [5.41, 5.74) is 0.0584. The minimum atomic E-state index is -0.121. The molecule has 1 heterocycles. The summed E-state index contributed by atoms with van der Waals surface area (Å²) >= 11 is 0. The second kappa shape index (κ2) is 6.73. The maximum absolute atomic E-state index is 9.72. The Labute approximate surface area is 124 Å². The summed E-state index contributed by atoms with van der Waals surface area (Å²) in [4.78, 5) is 5.15. The van der Waals surface area contributed by atoms with Gasteiger partial charge in [-0.25, -0.2) is 0 Å². The summed E-state index contributed by atoms with van der Waals surface area (Å²) in [6, 6.07) is 1.18. The molecule has 0 aromatic rings. The van der Waals surface area contributed by atoms with Gasteiger partial charge in [-0.3, -0.25) is 4.90 Å².